The minimum absolute atomic E-state index is 0.252. The van der Waals surface area contributed by atoms with Gasteiger partial charge in [-0.3, -0.25) is 0 Å². The molecule has 7 heteroatoms. The second-order valence-electron chi connectivity index (χ2n) is 7.98. The number of aromatic nitrogens is 1. The van der Waals surface area contributed by atoms with Crippen LogP contribution in [0.4, 0.5) is 5.69 Å². The minimum Gasteiger partial charge on any atom is -0.615 e. The van der Waals surface area contributed by atoms with Gasteiger partial charge in [-0.2, -0.15) is 0 Å². The lowest BCUT2D eigenvalue weighted by Gasteiger charge is -2.14. The van der Waals surface area contributed by atoms with Crippen molar-refractivity contribution in [3.05, 3.63) is 87.4 Å². The van der Waals surface area contributed by atoms with Gasteiger partial charge in [-0.1, -0.05) is 48.5 Å². The molecule has 0 saturated heterocycles. The summed E-state index contributed by atoms with van der Waals surface area (Å²) in [5.41, 5.74) is 4.51. The predicted molar refractivity (Wildman–Crippen MR) is 135 cm³/mol. The van der Waals surface area contributed by atoms with Crippen molar-refractivity contribution < 1.29 is 13.6 Å². The number of hydrogen-bond acceptors (Lipinski definition) is 5. The van der Waals surface area contributed by atoms with E-state index in [1.165, 1.54) is 0 Å². The third-order valence-electron chi connectivity index (χ3n) is 5.95. The van der Waals surface area contributed by atoms with E-state index in [2.05, 4.69) is 17.9 Å². The molecule has 0 bridgehead atoms. The molecule has 3 heterocycles. The molecule has 0 radical (unpaired) electrons. The zero-order chi connectivity index (χ0) is 22.7. The van der Waals surface area contributed by atoms with Crippen LogP contribution >= 0.6 is 23.4 Å². The quantitative estimate of drug-likeness (QED) is 0.200. The monoisotopic (exact) mass is 474 g/mol. The van der Waals surface area contributed by atoms with Gasteiger partial charge in [-0.25, -0.2) is 0 Å². The third-order valence-corrected chi connectivity index (χ3v) is 7.35. The van der Waals surface area contributed by atoms with Gasteiger partial charge in [0, 0.05) is 27.7 Å². The smallest absolute Gasteiger partial charge is 0.386 e. The molecule has 6 rings (SSSR count). The van der Waals surface area contributed by atoms with Gasteiger partial charge in [0.15, 0.2) is 0 Å². The molecule has 2 aromatic heterocycles. The number of para-hydroxylation sites is 1. The molecule has 0 aliphatic carbocycles. The Balaban J connectivity index is 1.41. The van der Waals surface area contributed by atoms with Crippen LogP contribution in [0.1, 0.15) is 19.2 Å². The number of nitrogens with zero attached hydrogens (tertiary/aromatic N) is 2. The molecular formula is C26H19ClN2O3S. The number of rotatable bonds is 3. The molecule has 0 unspecified atom stereocenters. The van der Waals surface area contributed by atoms with Crippen LogP contribution in [0.5, 0.6) is 0 Å². The number of halogens is 1. The van der Waals surface area contributed by atoms with E-state index >= 15 is 0 Å². The Bertz CT molecular complexity index is 1630. The second kappa shape index (κ2) is 7.61. The molecule has 0 amide bonds. The van der Waals surface area contributed by atoms with Crippen LogP contribution in [0.3, 0.4) is 0 Å². The maximum absolute atomic E-state index is 13.0. The largest absolute Gasteiger partial charge is 0.615 e. The van der Waals surface area contributed by atoms with Crippen molar-refractivity contribution in [2.45, 2.75) is 18.2 Å². The number of thioether (sulfide) groups is 1. The van der Waals surface area contributed by atoms with Gasteiger partial charge in [0.25, 0.3) is 5.52 Å². The van der Waals surface area contributed by atoms with Gasteiger partial charge < -0.3 is 18.9 Å². The number of fused-ring (bicyclic) bond motifs is 5. The van der Waals surface area contributed by atoms with Crippen molar-refractivity contribution in [2.75, 3.05) is 11.9 Å². The first-order valence-corrected chi connectivity index (χ1v) is 11.8. The number of oxazole rings is 1. The van der Waals surface area contributed by atoms with Gasteiger partial charge in [-0.05, 0) is 48.4 Å². The van der Waals surface area contributed by atoms with Crippen LogP contribution < -0.4 is 9.63 Å². The molecule has 0 N–H and O–H groups in total. The van der Waals surface area contributed by atoms with Crippen molar-refractivity contribution >= 4 is 68.2 Å². The zero-order valence-corrected chi connectivity index (χ0v) is 19.5. The molecule has 0 atom stereocenters. The summed E-state index contributed by atoms with van der Waals surface area (Å²) in [7, 11) is 2.02. The van der Waals surface area contributed by atoms with E-state index in [1.54, 1.807) is 17.8 Å². The Labute approximate surface area is 199 Å². The first-order chi connectivity index (χ1) is 16.0. The highest BCUT2D eigenvalue weighted by atomic mass is 35.5. The fraction of sp³-hybridized carbons (Fsp3) is 0.115. The highest BCUT2D eigenvalue weighted by Crippen LogP contribution is 2.46. The average molecular weight is 475 g/mol. The standard InChI is InChI=1S/C26H19ClN2O3S/c1-3-15(11-26-28(2)20-12-16(27)8-9-24(20)33-26)10-25-29(30)19-14-22-18(13-23(19)32-25)17-6-4-5-7-21(17)31-22/h4-14H,3H2,1-2H3/b15-10-,26-11-. The van der Waals surface area contributed by atoms with Crippen LogP contribution in [0.2, 0.25) is 5.02 Å². The van der Waals surface area contributed by atoms with Crippen molar-refractivity contribution in [1.82, 2.24) is 0 Å². The molecule has 5 aromatic rings. The van der Waals surface area contributed by atoms with Gasteiger partial charge in [-0.15, -0.1) is 4.73 Å². The van der Waals surface area contributed by atoms with E-state index in [4.69, 9.17) is 20.4 Å². The van der Waals surface area contributed by atoms with E-state index < -0.39 is 0 Å². The number of anilines is 1. The molecule has 0 spiro atoms. The number of hydrogen-bond donors (Lipinski definition) is 0. The van der Waals surface area contributed by atoms with Crippen LogP contribution in [0.15, 0.2) is 85.0 Å². The first-order valence-electron chi connectivity index (χ1n) is 10.6. The zero-order valence-electron chi connectivity index (χ0n) is 18.0. The second-order valence-corrected chi connectivity index (χ2v) is 9.48. The van der Waals surface area contributed by atoms with Crippen LogP contribution in [-0.2, 0) is 0 Å². The Morgan fingerprint density at radius 1 is 1.06 bits per heavy atom. The lowest BCUT2D eigenvalue weighted by atomic mass is 10.1. The van der Waals surface area contributed by atoms with E-state index in [9.17, 15) is 5.21 Å². The fourth-order valence-corrected chi connectivity index (χ4v) is 5.44. The number of allylic oxidation sites excluding steroid dienone is 2. The first kappa shape index (κ1) is 20.3. The maximum Gasteiger partial charge on any atom is 0.386 e. The Hall–Kier alpha value is -3.35. The van der Waals surface area contributed by atoms with Gasteiger partial charge in [0.2, 0.25) is 5.58 Å². The number of furan rings is 1. The van der Waals surface area contributed by atoms with Gasteiger partial charge in [0.05, 0.1) is 22.9 Å². The summed E-state index contributed by atoms with van der Waals surface area (Å²) in [5.74, 6) is 0.252. The lowest BCUT2D eigenvalue weighted by Crippen LogP contribution is -2.27. The molecule has 33 heavy (non-hydrogen) atoms. The molecule has 1 aliphatic rings. The molecule has 5 nitrogen and oxygen atoms in total. The summed E-state index contributed by atoms with van der Waals surface area (Å²) in [5, 5.41) is 16.8. The van der Waals surface area contributed by atoms with Crippen molar-refractivity contribution in [3.8, 4) is 0 Å². The molecule has 3 aromatic carbocycles. The maximum atomic E-state index is 13.0. The summed E-state index contributed by atoms with van der Waals surface area (Å²) in [4.78, 5) is 3.26. The molecule has 0 fully saturated rings. The SMILES string of the molecule is CCC(=C/c1oc2cc3c(cc2[n+]1[O-])oc1ccccc13)/C=C1\Sc2ccc(Cl)cc2N1C. The number of benzene rings is 3. The fourth-order valence-electron chi connectivity index (χ4n) is 4.17. The summed E-state index contributed by atoms with van der Waals surface area (Å²) in [6.07, 6.45) is 4.65. The van der Waals surface area contributed by atoms with Crippen LogP contribution in [0.25, 0.3) is 39.1 Å². The summed E-state index contributed by atoms with van der Waals surface area (Å²) in [6.45, 7) is 2.06. The average Bonchev–Trinajstić information content (AvgIpc) is 3.44. The van der Waals surface area contributed by atoms with E-state index in [0.29, 0.717) is 21.7 Å². The summed E-state index contributed by atoms with van der Waals surface area (Å²) in [6, 6.07) is 17.3. The van der Waals surface area contributed by atoms with E-state index in [1.807, 2.05) is 61.7 Å². The Morgan fingerprint density at radius 2 is 1.91 bits per heavy atom. The molecule has 164 valence electrons. The van der Waals surface area contributed by atoms with Crippen molar-refractivity contribution in [2.24, 2.45) is 0 Å². The normalized spacial score (nSPS) is 15.4. The van der Waals surface area contributed by atoms with Crippen LogP contribution in [-0.4, -0.2) is 7.05 Å². The molecular weight excluding hydrogens is 456 g/mol. The topological polar surface area (TPSA) is 56.5 Å². The molecule has 1 aliphatic heterocycles. The lowest BCUT2D eigenvalue weighted by molar-refractivity contribution is -0.585. The van der Waals surface area contributed by atoms with E-state index in [0.717, 1.165) is 48.7 Å². The van der Waals surface area contributed by atoms with Crippen LogP contribution in [0, 0.1) is 5.21 Å². The summed E-state index contributed by atoms with van der Waals surface area (Å²) >= 11 is 7.85. The highest BCUT2D eigenvalue weighted by molar-refractivity contribution is 8.03. The minimum atomic E-state index is 0.252. The third kappa shape index (κ3) is 3.29. The predicted octanol–water partition coefficient (Wildman–Crippen LogP) is 7.50. The van der Waals surface area contributed by atoms with Crippen molar-refractivity contribution in [1.29, 1.82) is 0 Å². The van der Waals surface area contributed by atoms with Gasteiger partial charge >= 0.3 is 5.89 Å². The highest BCUT2D eigenvalue weighted by Gasteiger charge is 2.23. The van der Waals surface area contributed by atoms with E-state index in [-0.39, 0.29) is 5.89 Å². The van der Waals surface area contributed by atoms with Gasteiger partial charge in [0.1, 0.15) is 11.2 Å². The molecule has 0 saturated carbocycles. The summed E-state index contributed by atoms with van der Waals surface area (Å²) < 4.78 is 12.8. The Morgan fingerprint density at radius 3 is 2.76 bits per heavy atom. The van der Waals surface area contributed by atoms with Crippen molar-refractivity contribution in [3.63, 3.8) is 0 Å². The Kier molecular flexibility index (Phi) is 4.67.